The van der Waals surface area contributed by atoms with Crippen molar-refractivity contribution in [3.05, 3.63) is 0 Å². The van der Waals surface area contributed by atoms with Crippen molar-refractivity contribution in [3.63, 3.8) is 0 Å². The molecule has 0 aromatic heterocycles. The Hall–Kier alpha value is -0.0800. The number of likely N-dealkylation sites (N-methyl/N-ethyl adjacent to an activating group) is 1. The van der Waals surface area contributed by atoms with Crippen LogP contribution in [0.25, 0.3) is 0 Å². The third kappa shape index (κ3) is 3.71. The van der Waals surface area contributed by atoms with Gasteiger partial charge in [-0.25, -0.2) is 0 Å². The first-order valence-electron chi connectivity index (χ1n) is 8.14. The van der Waals surface area contributed by atoms with E-state index >= 15 is 0 Å². The lowest BCUT2D eigenvalue weighted by Gasteiger charge is -2.30. The van der Waals surface area contributed by atoms with Crippen molar-refractivity contribution in [2.75, 3.05) is 26.7 Å². The summed E-state index contributed by atoms with van der Waals surface area (Å²) in [6, 6.07) is 0.688. The molecule has 0 amide bonds. The first-order valence-corrected chi connectivity index (χ1v) is 8.14. The van der Waals surface area contributed by atoms with Gasteiger partial charge >= 0.3 is 0 Å². The fourth-order valence-electron chi connectivity index (χ4n) is 4.14. The predicted molar refractivity (Wildman–Crippen MR) is 78.8 cm³/mol. The van der Waals surface area contributed by atoms with Crippen LogP contribution in [0, 0.1) is 17.8 Å². The Bertz CT molecular complexity index is 241. The molecule has 2 aliphatic carbocycles. The van der Waals surface area contributed by atoms with E-state index in [0.29, 0.717) is 6.04 Å². The molecule has 106 valence electrons. The Morgan fingerprint density at radius 1 is 1.22 bits per heavy atom. The van der Waals surface area contributed by atoms with Gasteiger partial charge in [-0.3, -0.25) is 0 Å². The number of nitrogens with zero attached hydrogens (tertiary/aromatic N) is 1. The molecule has 0 aromatic carbocycles. The summed E-state index contributed by atoms with van der Waals surface area (Å²) in [4.78, 5) is 2.59. The highest BCUT2D eigenvalue weighted by molar-refractivity contribution is 4.91. The number of rotatable bonds is 8. The summed E-state index contributed by atoms with van der Waals surface area (Å²) < 4.78 is 0. The van der Waals surface area contributed by atoms with Crippen LogP contribution in [0.4, 0.5) is 0 Å². The van der Waals surface area contributed by atoms with Crippen LogP contribution in [-0.2, 0) is 0 Å². The van der Waals surface area contributed by atoms with E-state index in [-0.39, 0.29) is 0 Å². The fourth-order valence-corrected chi connectivity index (χ4v) is 4.14. The van der Waals surface area contributed by atoms with Crippen molar-refractivity contribution in [2.45, 2.75) is 58.4 Å². The van der Waals surface area contributed by atoms with Crippen molar-refractivity contribution in [1.82, 2.24) is 10.2 Å². The van der Waals surface area contributed by atoms with Gasteiger partial charge in [-0.2, -0.15) is 0 Å². The third-order valence-corrected chi connectivity index (χ3v) is 5.14. The highest BCUT2D eigenvalue weighted by Gasteiger charge is 2.39. The van der Waals surface area contributed by atoms with E-state index < -0.39 is 0 Å². The molecule has 0 radical (unpaired) electrons. The minimum atomic E-state index is 0.688. The van der Waals surface area contributed by atoms with Gasteiger partial charge in [-0.1, -0.05) is 20.3 Å². The van der Waals surface area contributed by atoms with Crippen LogP contribution >= 0.6 is 0 Å². The van der Waals surface area contributed by atoms with Gasteiger partial charge < -0.3 is 10.2 Å². The third-order valence-electron chi connectivity index (χ3n) is 5.14. The van der Waals surface area contributed by atoms with Crippen molar-refractivity contribution in [2.24, 2.45) is 17.8 Å². The zero-order valence-corrected chi connectivity index (χ0v) is 12.6. The Kier molecular flexibility index (Phi) is 5.50. The van der Waals surface area contributed by atoms with Gasteiger partial charge in [0, 0.05) is 19.1 Å². The van der Waals surface area contributed by atoms with Crippen LogP contribution in [-0.4, -0.2) is 37.6 Å². The van der Waals surface area contributed by atoms with E-state index in [0.717, 1.165) is 17.8 Å². The molecule has 2 heteroatoms. The molecule has 0 aromatic rings. The normalized spacial score (nSPS) is 32.3. The second kappa shape index (κ2) is 6.91. The van der Waals surface area contributed by atoms with Crippen LogP contribution in [0.2, 0.25) is 0 Å². The van der Waals surface area contributed by atoms with Crippen LogP contribution in [0.3, 0.4) is 0 Å². The maximum Gasteiger partial charge on any atom is 0.0192 e. The zero-order chi connectivity index (χ0) is 13.0. The molecule has 2 nitrogen and oxygen atoms in total. The predicted octanol–water partition coefficient (Wildman–Crippen LogP) is 3.13. The molecule has 0 saturated heterocycles. The molecule has 1 N–H and O–H groups in total. The number of nitrogens with one attached hydrogen (secondary N) is 1. The lowest BCUT2D eigenvalue weighted by Crippen LogP contribution is -2.41. The van der Waals surface area contributed by atoms with Gasteiger partial charge in [0.2, 0.25) is 0 Å². The molecule has 0 spiro atoms. The number of fused-ring (bicyclic) bond motifs is 2. The molecule has 0 heterocycles. The van der Waals surface area contributed by atoms with E-state index in [1.54, 1.807) is 6.42 Å². The van der Waals surface area contributed by atoms with Gasteiger partial charge in [-0.15, -0.1) is 0 Å². The topological polar surface area (TPSA) is 15.3 Å². The first kappa shape index (κ1) is 14.3. The summed E-state index contributed by atoms with van der Waals surface area (Å²) in [5.74, 6) is 3.17. The van der Waals surface area contributed by atoms with Crippen LogP contribution in [0.15, 0.2) is 0 Å². The number of hydrogen-bond donors (Lipinski definition) is 1. The molecule has 18 heavy (non-hydrogen) atoms. The summed E-state index contributed by atoms with van der Waals surface area (Å²) in [6.07, 6.45) is 8.61. The highest BCUT2D eigenvalue weighted by atomic mass is 15.1. The molecule has 4 unspecified atom stereocenters. The molecule has 2 aliphatic rings. The van der Waals surface area contributed by atoms with Gasteiger partial charge in [0.1, 0.15) is 0 Å². The van der Waals surface area contributed by atoms with Crippen LogP contribution in [0.5, 0.6) is 0 Å². The fraction of sp³-hybridized carbons (Fsp3) is 1.00. The average molecular weight is 252 g/mol. The summed E-state index contributed by atoms with van der Waals surface area (Å²) in [6.45, 7) is 8.29. The Morgan fingerprint density at radius 3 is 2.61 bits per heavy atom. The molecule has 4 atom stereocenters. The highest BCUT2D eigenvalue weighted by Crippen LogP contribution is 2.48. The monoisotopic (exact) mass is 252 g/mol. The summed E-state index contributed by atoms with van der Waals surface area (Å²) in [5, 5.41) is 3.67. The molecule has 2 saturated carbocycles. The van der Waals surface area contributed by atoms with Crippen molar-refractivity contribution < 1.29 is 0 Å². The second-order valence-electron chi connectivity index (χ2n) is 6.72. The minimum Gasteiger partial charge on any atom is -0.313 e. The smallest absolute Gasteiger partial charge is 0.0192 e. The molecule has 2 bridgehead atoms. The molecular weight excluding hydrogens is 220 g/mol. The lowest BCUT2D eigenvalue weighted by atomic mass is 9.88. The zero-order valence-electron chi connectivity index (χ0n) is 12.6. The van der Waals surface area contributed by atoms with Gasteiger partial charge in [0.15, 0.2) is 0 Å². The molecule has 2 fully saturated rings. The summed E-state index contributed by atoms with van der Waals surface area (Å²) in [7, 11) is 2.32. The van der Waals surface area contributed by atoms with Gasteiger partial charge in [-0.05, 0) is 63.5 Å². The first-order chi connectivity index (χ1) is 8.72. The van der Waals surface area contributed by atoms with Gasteiger partial charge in [0.25, 0.3) is 0 Å². The Balaban J connectivity index is 1.69. The number of hydrogen-bond acceptors (Lipinski definition) is 2. The largest absolute Gasteiger partial charge is 0.313 e. The van der Waals surface area contributed by atoms with Crippen molar-refractivity contribution in [3.8, 4) is 0 Å². The maximum atomic E-state index is 3.67. The van der Waals surface area contributed by atoms with Gasteiger partial charge in [0.05, 0.1) is 0 Å². The maximum absolute atomic E-state index is 3.67. The lowest BCUT2D eigenvalue weighted by molar-refractivity contribution is 0.202. The van der Waals surface area contributed by atoms with Crippen LogP contribution < -0.4 is 5.32 Å². The van der Waals surface area contributed by atoms with Crippen molar-refractivity contribution >= 4 is 0 Å². The second-order valence-corrected chi connectivity index (χ2v) is 6.72. The summed E-state index contributed by atoms with van der Waals surface area (Å²) in [5.41, 5.74) is 0. The van der Waals surface area contributed by atoms with E-state index in [1.165, 1.54) is 51.7 Å². The van der Waals surface area contributed by atoms with E-state index in [4.69, 9.17) is 0 Å². The Morgan fingerprint density at radius 2 is 2.06 bits per heavy atom. The van der Waals surface area contributed by atoms with E-state index in [9.17, 15) is 0 Å². The molecular formula is C16H32N2. The van der Waals surface area contributed by atoms with E-state index in [2.05, 4.69) is 31.1 Å². The van der Waals surface area contributed by atoms with Crippen LogP contribution in [0.1, 0.15) is 52.4 Å². The van der Waals surface area contributed by atoms with Crippen molar-refractivity contribution in [1.29, 1.82) is 0 Å². The standard InChI is InChI=1S/C16H32N2/c1-4-8-17-16(5-2)12-18(3)11-15-10-13-6-7-14(15)9-13/h13-17H,4-12H2,1-3H3. The molecule has 0 aliphatic heterocycles. The average Bonchev–Trinajstić information content (AvgIpc) is 2.96. The Labute approximate surface area is 114 Å². The van der Waals surface area contributed by atoms with E-state index in [1.807, 2.05) is 0 Å². The SMILES string of the molecule is CCCNC(CC)CN(C)CC1CC2CCC1C2. The molecule has 2 rings (SSSR count). The quantitative estimate of drug-likeness (QED) is 0.714. The summed E-state index contributed by atoms with van der Waals surface area (Å²) >= 11 is 0. The minimum absolute atomic E-state index is 0.688.